The van der Waals surface area contributed by atoms with Gasteiger partial charge in [-0.3, -0.25) is 0 Å². The summed E-state index contributed by atoms with van der Waals surface area (Å²) in [5, 5.41) is 0. The highest BCUT2D eigenvalue weighted by Gasteiger charge is 2.22. The third kappa shape index (κ3) is 1.99. The lowest BCUT2D eigenvalue weighted by atomic mass is 9.87. The summed E-state index contributed by atoms with van der Waals surface area (Å²) in [5.74, 6) is 0. The lowest BCUT2D eigenvalue weighted by molar-refractivity contribution is 0.681. The van der Waals surface area contributed by atoms with Crippen LogP contribution < -0.4 is 0 Å². The minimum Gasteiger partial charge on any atom is -0.0652 e. The van der Waals surface area contributed by atoms with Crippen LogP contribution in [0.4, 0.5) is 0 Å². The van der Waals surface area contributed by atoms with E-state index in [0.717, 1.165) is 0 Å². The van der Waals surface area contributed by atoms with Crippen molar-refractivity contribution in [2.24, 2.45) is 0 Å². The predicted molar refractivity (Wildman–Crippen MR) is 77.4 cm³/mol. The van der Waals surface area contributed by atoms with Crippen LogP contribution in [-0.4, -0.2) is 0 Å². The first-order valence-corrected chi connectivity index (χ1v) is 7.61. The maximum Gasteiger partial charge on any atom is 0.0213 e. The Morgan fingerprint density at radius 1 is 1.18 bits per heavy atom. The minimum atomic E-state index is 1.19. The smallest absolute Gasteiger partial charge is 0.0213 e. The molecule has 0 aromatic heterocycles. The van der Waals surface area contributed by atoms with Gasteiger partial charge in [-0.15, -0.1) is 0 Å². The lowest BCUT2D eigenvalue weighted by Crippen LogP contribution is -2.06. The van der Waals surface area contributed by atoms with Gasteiger partial charge in [-0.05, 0) is 66.8 Å². The summed E-state index contributed by atoms with van der Waals surface area (Å²) < 4.78 is 1.36. The topological polar surface area (TPSA) is 0 Å². The molecule has 0 amide bonds. The van der Waals surface area contributed by atoms with Crippen LogP contribution in [0.2, 0.25) is 0 Å². The van der Waals surface area contributed by atoms with Gasteiger partial charge in [-0.25, -0.2) is 0 Å². The number of allylic oxidation sites excluding steroid dienone is 1. The van der Waals surface area contributed by atoms with Crippen LogP contribution in [-0.2, 0) is 19.3 Å². The first-order chi connectivity index (χ1) is 8.29. The number of hydrogen-bond donors (Lipinski definition) is 0. The molecule has 2 aliphatic rings. The van der Waals surface area contributed by atoms with Crippen LogP contribution in [0.15, 0.2) is 16.1 Å². The van der Waals surface area contributed by atoms with Crippen LogP contribution in [0.1, 0.15) is 54.9 Å². The van der Waals surface area contributed by atoms with Gasteiger partial charge >= 0.3 is 0 Å². The Bertz CT molecular complexity index is 483. The Balaban J connectivity index is 2.07. The monoisotopic (exact) mass is 290 g/mol. The Kier molecular flexibility index (Phi) is 3.12. The fourth-order valence-electron chi connectivity index (χ4n) is 3.29. The molecule has 0 radical (unpaired) electrons. The third-order valence-electron chi connectivity index (χ3n) is 4.07. The maximum atomic E-state index is 3.77. The molecule has 1 aromatic rings. The van der Waals surface area contributed by atoms with Gasteiger partial charge in [0, 0.05) is 4.47 Å². The second-order valence-corrected chi connectivity index (χ2v) is 6.18. The van der Waals surface area contributed by atoms with Crippen molar-refractivity contribution in [3.8, 4) is 0 Å². The van der Waals surface area contributed by atoms with E-state index in [9.17, 15) is 0 Å². The lowest BCUT2D eigenvalue weighted by Gasteiger charge is -2.20. The SMILES string of the molecule is CCCC1=Cc2c(cc(Br)c3c2CCCC3)C1. The quantitative estimate of drug-likeness (QED) is 0.714. The van der Waals surface area contributed by atoms with E-state index < -0.39 is 0 Å². The van der Waals surface area contributed by atoms with Crippen molar-refractivity contribution in [3.63, 3.8) is 0 Å². The fraction of sp³-hybridized carbons (Fsp3) is 0.500. The molecule has 0 aliphatic heterocycles. The Morgan fingerprint density at radius 3 is 2.71 bits per heavy atom. The van der Waals surface area contributed by atoms with Crippen LogP contribution in [0.25, 0.3) is 6.08 Å². The molecule has 0 spiro atoms. The van der Waals surface area contributed by atoms with E-state index in [4.69, 9.17) is 0 Å². The molecule has 0 bridgehead atoms. The van der Waals surface area contributed by atoms with Crippen molar-refractivity contribution in [2.75, 3.05) is 0 Å². The zero-order chi connectivity index (χ0) is 11.8. The van der Waals surface area contributed by atoms with E-state index in [1.807, 2.05) is 0 Å². The van der Waals surface area contributed by atoms with Gasteiger partial charge in [-0.1, -0.05) is 40.9 Å². The highest BCUT2D eigenvalue weighted by Crippen LogP contribution is 2.38. The summed E-state index contributed by atoms with van der Waals surface area (Å²) in [4.78, 5) is 0. The van der Waals surface area contributed by atoms with Crippen molar-refractivity contribution in [3.05, 3.63) is 38.4 Å². The molecule has 0 heterocycles. The van der Waals surface area contributed by atoms with Crippen molar-refractivity contribution in [1.29, 1.82) is 0 Å². The highest BCUT2D eigenvalue weighted by atomic mass is 79.9. The van der Waals surface area contributed by atoms with Crippen LogP contribution >= 0.6 is 15.9 Å². The number of hydrogen-bond acceptors (Lipinski definition) is 0. The van der Waals surface area contributed by atoms with E-state index in [2.05, 4.69) is 35.0 Å². The average Bonchev–Trinajstić information content (AvgIpc) is 2.73. The van der Waals surface area contributed by atoms with Gasteiger partial charge in [-0.2, -0.15) is 0 Å². The number of fused-ring (bicyclic) bond motifs is 3. The molecular formula is C16H19Br. The van der Waals surface area contributed by atoms with Crippen molar-refractivity contribution in [1.82, 2.24) is 0 Å². The van der Waals surface area contributed by atoms with Gasteiger partial charge < -0.3 is 0 Å². The fourth-order valence-corrected chi connectivity index (χ4v) is 4.00. The molecule has 0 atom stereocenters. The van der Waals surface area contributed by atoms with E-state index in [0.29, 0.717) is 0 Å². The minimum absolute atomic E-state index is 1.19. The molecule has 0 fully saturated rings. The normalized spacial score (nSPS) is 17.6. The molecule has 2 aliphatic carbocycles. The standard InChI is InChI=1S/C16H19Br/c1-2-5-11-8-12-10-16(17)14-7-4-3-6-13(14)15(12)9-11/h9-10H,2-8H2,1H3. The van der Waals surface area contributed by atoms with Crippen molar-refractivity contribution < 1.29 is 0 Å². The first-order valence-electron chi connectivity index (χ1n) is 6.82. The van der Waals surface area contributed by atoms with Gasteiger partial charge in [0.25, 0.3) is 0 Å². The Morgan fingerprint density at radius 2 is 1.94 bits per heavy atom. The molecule has 3 rings (SSSR count). The van der Waals surface area contributed by atoms with E-state index in [-0.39, 0.29) is 0 Å². The molecule has 1 aromatic carbocycles. The van der Waals surface area contributed by atoms with Crippen LogP contribution in [0, 0.1) is 0 Å². The molecule has 17 heavy (non-hydrogen) atoms. The summed E-state index contributed by atoms with van der Waals surface area (Å²) in [6.45, 7) is 2.27. The first kappa shape index (κ1) is 11.5. The predicted octanol–water partition coefficient (Wildman–Crippen LogP) is 5.07. The van der Waals surface area contributed by atoms with Gasteiger partial charge in [0.15, 0.2) is 0 Å². The molecule has 0 N–H and O–H groups in total. The van der Waals surface area contributed by atoms with Gasteiger partial charge in [0.1, 0.15) is 0 Å². The number of benzene rings is 1. The second-order valence-electron chi connectivity index (χ2n) is 5.32. The van der Waals surface area contributed by atoms with Crippen LogP contribution in [0.3, 0.4) is 0 Å². The molecule has 0 unspecified atom stereocenters. The van der Waals surface area contributed by atoms with Crippen molar-refractivity contribution in [2.45, 2.75) is 51.9 Å². The van der Waals surface area contributed by atoms with E-state index in [1.54, 1.807) is 27.8 Å². The molecule has 90 valence electrons. The molecule has 1 heteroatoms. The van der Waals surface area contributed by atoms with E-state index >= 15 is 0 Å². The zero-order valence-electron chi connectivity index (χ0n) is 10.5. The summed E-state index contributed by atoms with van der Waals surface area (Å²) in [7, 11) is 0. The molecule has 0 nitrogen and oxygen atoms in total. The summed E-state index contributed by atoms with van der Waals surface area (Å²) in [6.07, 6.45) is 11.5. The number of rotatable bonds is 2. The molecule has 0 saturated heterocycles. The second kappa shape index (κ2) is 4.61. The van der Waals surface area contributed by atoms with Crippen molar-refractivity contribution >= 4 is 22.0 Å². The third-order valence-corrected chi connectivity index (χ3v) is 4.77. The summed E-state index contributed by atoms with van der Waals surface area (Å²) >= 11 is 3.77. The zero-order valence-corrected chi connectivity index (χ0v) is 12.1. The largest absolute Gasteiger partial charge is 0.0652 e. The highest BCUT2D eigenvalue weighted by molar-refractivity contribution is 9.10. The number of halogens is 1. The molecular weight excluding hydrogens is 272 g/mol. The Labute approximate surface area is 112 Å². The van der Waals surface area contributed by atoms with Crippen LogP contribution in [0.5, 0.6) is 0 Å². The summed E-state index contributed by atoms with van der Waals surface area (Å²) in [6, 6.07) is 2.37. The van der Waals surface area contributed by atoms with E-state index in [1.165, 1.54) is 49.4 Å². The van der Waals surface area contributed by atoms with Gasteiger partial charge in [0.2, 0.25) is 0 Å². The average molecular weight is 291 g/mol. The Hall–Kier alpha value is -0.560. The maximum absolute atomic E-state index is 3.77. The molecule has 0 saturated carbocycles. The summed E-state index contributed by atoms with van der Waals surface area (Å²) in [5.41, 5.74) is 8.00. The van der Waals surface area contributed by atoms with Gasteiger partial charge in [0.05, 0.1) is 0 Å².